The van der Waals surface area contributed by atoms with E-state index in [1.54, 1.807) is 19.2 Å². The van der Waals surface area contributed by atoms with Crippen LogP contribution in [0.25, 0.3) is 0 Å². The first-order chi connectivity index (χ1) is 10.9. The number of nitrogens with one attached hydrogen (secondary N) is 1. The molecule has 0 amide bonds. The second-order valence-corrected chi connectivity index (χ2v) is 5.92. The summed E-state index contributed by atoms with van der Waals surface area (Å²) in [6.45, 7) is 4.56. The van der Waals surface area contributed by atoms with E-state index < -0.39 is 0 Å². The highest BCUT2D eigenvalue weighted by Gasteiger charge is 2.20. The van der Waals surface area contributed by atoms with Crippen LogP contribution in [0.3, 0.4) is 0 Å². The number of para-hydroxylation sites is 2. The van der Waals surface area contributed by atoms with Gasteiger partial charge in [0.2, 0.25) is 0 Å². The first-order valence-corrected chi connectivity index (χ1v) is 7.38. The lowest BCUT2D eigenvalue weighted by Crippen LogP contribution is -2.28. The maximum Gasteiger partial charge on any atom is 0.193 e. The smallest absolute Gasteiger partial charge is 0.193 e. The van der Waals surface area contributed by atoms with E-state index in [1.807, 2.05) is 38.1 Å². The number of nitrogens with zero attached hydrogens (tertiary/aromatic N) is 1. The summed E-state index contributed by atoms with van der Waals surface area (Å²) in [6, 6.07) is 13.9. The third kappa shape index (κ3) is 5.36. The van der Waals surface area contributed by atoms with Crippen molar-refractivity contribution in [1.82, 2.24) is 0 Å². The molecule has 2 aromatic carbocycles. The van der Waals surface area contributed by atoms with Crippen LogP contribution < -0.4 is 15.8 Å². The van der Waals surface area contributed by atoms with Crippen LogP contribution >= 0.6 is 24.0 Å². The van der Waals surface area contributed by atoms with Gasteiger partial charge in [0.1, 0.15) is 11.6 Å². The Balaban J connectivity index is 0.00000288. The summed E-state index contributed by atoms with van der Waals surface area (Å²) in [5.74, 6) is 0.763. The minimum atomic E-state index is -0.249. The summed E-state index contributed by atoms with van der Waals surface area (Å²) in [4.78, 5) is 4.40. The van der Waals surface area contributed by atoms with Crippen molar-refractivity contribution in [3.8, 4) is 5.75 Å². The minimum Gasteiger partial charge on any atom is -0.495 e. The molecule has 0 bridgehead atoms. The maximum absolute atomic E-state index is 13.0. The summed E-state index contributed by atoms with van der Waals surface area (Å²) in [7, 11) is 1.60. The number of methoxy groups -OCH3 is 1. The molecule has 2 aromatic rings. The van der Waals surface area contributed by atoms with Crippen molar-refractivity contribution in [3.63, 3.8) is 0 Å². The first-order valence-electron chi connectivity index (χ1n) is 7.38. The largest absolute Gasteiger partial charge is 0.495 e. The number of rotatable bonds is 5. The first kappa shape index (κ1) is 20.2. The van der Waals surface area contributed by atoms with Gasteiger partial charge < -0.3 is 15.8 Å². The summed E-state index contributed by atoms with van der Waals surface area (Å²) >= 11 is 0. The summed E-state index contributed by atoms with van der Waals surface area (Å²) in [5.41, 5.74) is 7.48. The van der Waals surface area contributed by atoms with Crippen LogP contribution in [-0.2, 0) is 5.41 Å². The monoisotopic (exact) mass is 443 g/mol. The van der Waals surface area contributed by atoms with Crippen LogP contribution in [0.15, 0.2) is 53.5 Å². The van der Waals surface area contributed by atoms with Crippen LogP contribution in [0, 0.1) is 5.82 Å². The Bertz CT molecular complexity index is 687. The molecular formula is C18H23FIN3O. The molecule has 24 heavy (non-hydrogen) atoms. The number of hydrogen-bond donors (Lipinski definition) is 2. The van der Waals surface area contributed by atoms with Gasteiger partial charge in [-0.05, 0) is 29.8 Å². The van der Waals surface area contributed by atoms with E-state index in [1.165, 1.54) is 12.1 Å². The van der Waals surface area contributed by atoms with Crippen LogP contribution in [-0.4, -0.2) is 19.6 Å². The molecule has 4 nitrogen and oxygen atoms in total. The fourth-order valence-electron chi connectivity index (χ4n) is 2.20. The van der Waals surface area contributed by atoms with Crippen LogP contribution in [0.2, 0.25) is 0 Å². The fourth-order valence-corrected chi connectivity index (χ4v) is 2.20. The van der Waals surface area contributed by atoms with Gasteiger partial charge in [0.05, 0.1) is 19.3 Å². The summed E-state index contributed by atoms with van der Waals surface area (Å²) in [5, 5.41) is 3.04. The molecule has 0 aliphatic heterocycles. The third-order valence-electron chi connectivity index (χ3n) is 3.64. The summed E-state index contributed by atoms with van der Waals surface area (Å²) in [6.07, 6.45) is 0. The van der Waals surface area contributed by atoms with Gasteiger partial charge >= 0.3 is 0 Å². The van der Waals surface area contributed by atoms with Crippen molar-refractivity contribution in [3.05, 3.63) is 59.9 Å². The molecule has 0 aliphatic carbocycles. The highest BCUT2D eigenvalue weighted by atomic mass is 127. The molecule has 0 spiro atoms. The molecule has 0 saturated carbocycles. The quantitative estimate of drug-likeness (QED) is 0.415. The molecule has 0 aromatic heterocycles. The van der Waals surface area contributed by atoms with Crippen molar-refractivity contribution < 1.29 is 9.13 Å². The zero-order chi connectivity index (χ0) is 16.9. The standard InChI is InChI=1S/C18H22FN3O.HI/c1-18(2,13-8-10-14(19)11-9-13)12-21-17(20)22-15-6-4-5-7-16(15)23-3;/h4-11H,12H2,1-3H3,(H3,20,21,22);1H. The van der Waals surface area contributed by atoms with Gasteiger partial charge in [-0.2, -0.15) is 0 Å². The number of nitrogens with two attached hydrogens (primary N) is 1. The predicted molar refractivity (Wildman–Crippen MR) is 108 cm³/mol. The van der Waals surface area contributed by atoms with Gasteiger partial charge in [0.15, 0.2) is 5.96 Å². The van der Waals surface area contributed by atoms with Crippen molar-refractivity contribution >= 4 is 35.6 Å². The average Bonchev–Trinajstić information content (AvgIpc) is 2.54. The van der Waals surface area contributed by atoms with Crippen molar-refractivity contribution in [1.29, 1.82) is 0 Å². The van der Waals surface area contributed by atoms with Crippen LogP contribution in [0.4, 0.5) is 10.1 Å². The Labute approximate surface area is 159 Å². The van der Waals surface area contributed by atoms with Gasteiger partial charge in [-0.3, -0.25) is 4.99 Å². The number of hydrogen-bond acceptors (Lipinski definition) is 2. The van der Waals surface area contributed by atoms with E-state index in [2.05, 4.69) is 10.3 Å². The Hall–Kier alpha value is -1.83. The molecule has 0 saturated heterocycles. The normalized spacial score (nSPS) is 11.6. The molecule has 0 radical (unpaired) electrons. The second-order valence-electron chi connectivity index (χ2n) is 5.92. The lowest BCUT2D eigenvalue weighted by molar-refractivity contribution is 0.417. The summed E-state index contributed by atoms with van der Waals surface area (Å²) < 4.78 is 18.3. The molecule has 130 valence electrons. The molecule has 0 aliphatic rings. The lowest BCUT2D eigenvalue weighted by atomic mass is 9.85. The molecule has 0 unspecified atom stereocenters. The van der Waals surface area contributed by atoms with Gasteiger partial charge in [0, 0.05) is 5.41 Å². The number of halogens is 2. The van der Waals surface area contributed by atoms with Gasteiger partial charge in [-0.25, -0.2) is 4.39 Å². The predicted octanol–water partition coefficient (Wildman–Crippen LogP) is 4.16. The third-order valence-corrected chi connectivity index (χ3v) is 3.64. The van der Waals surface area contributed by atoms with Crippen LogP contribution in [0.5, 0.6) is 5.75 Å². The number of ether oxygens (including phenoxy) is 1. The van der Waals surface area contributed by atoms with Crippen molar-refractivity contribution in [2.75, 3.05) is 19.0 Å². The molecule has 0 heterocycles. The van der Waals surface area contributed by atoms with E-state index in [0.29, 0.717) is 18.3 Å². The number of aliphatic imine (C=N–C) groups is 1. The van der Waals surface area contributed by atoms with Gasteiger partial charge in [-0.15, -0.1) is 24.0 Å². The van der Waals surface area contributed by atoms with E-state index in [9.17, 15) is 4.39 Å². The maximum atomic E-state index is 13.0. The zero-order valence-electron chi connectivity index (χ0n) is 14.0. The van der Waals surface area contributed by atoms with E-state index in [0.717, 1.165) is 11.3 Å². The number of guanidine groups is 1. The lowest BCUT2D eigenvalue weighted by Gasteiger charge is -2.23. The highest BCUT2D eigenvalue weighted by molar-refractivity contribution is 14.0. The van der Waals surface area contributed by atoms with E-state index >= 15 is 0 Å². The fraction of sp³-hybridized carbons (Fsp3) is 0.278. The molecule has 6 heteroatoms. The van der Waals surface area contributed by atoms with E-state index in [-0.39, 0.29) is 35.2 Å². The average molecular weight is 443 g/mol. The molecule has 0 atom stereocenters. The molecular weight excluding hydrogens is 420 g/mol. The molecule has 2 rings (SSSR count). The minimum absolute atomic E-state index is 0. The topological polar surface area (TPSA) is 59.6 Å². The second kappa shape index (κ2) is 8.86. The zero-order valence-corrected chi connectivity index (χ0v) is 16.4. The van der Waals surface area contributed by atoms with Crippen molar-refractivity contribution in [2.45, 2.75) is 19.3 Å². The number of anilines is 1. The van der Waals surface area contributed by atoms with Crippen molar-refractivity contribution in [2.24, 2.45) is 10.7 Å². The Morgan fingerprint density at radius 3 is 2.42 bits per heavy atom. The Morgan fingerprint density at radius 2 is 1.79 bits per heavy atom. The van der Waals surface area contributed by atoms with Crippen LogP contribution in [0.1, 0.15) is 19.4 Å². The Morgan fingerprint density at radius 1 is 1.17 bits per heavy atom. The van der Waals surface area contributed by atoms with E-state index in [4.69, 9.17) is 10.5 Å². The van der Waals surface area contributed by atoms with Gasteiger partial charge in [0.25, 0.3) is 0 Å². The molecule has 0 fully saturated rings. The van der Waals surface area contributed by atoms with Gasteiger partial charge in [-0.1, -0.05) is 38.1 Å². The number of benzene rings is 2. The Kier molecular flexibility index (Phi) is 7.47. The highest BCUT2D eigenvalue weighted by Crippen LogP contribution is 2.25. The SMILES string of the molecule is COc1ccccc1NC(N)=NCC(C)(C)c1ccc(F)cc1.I. The molecule has 3 N–H and O–H groups in total.